The van der Waals surface area contributed by atoms with Crippen LogP contribution in [0.4, 0.5) is 0 Å². The molecule has 2 nitrogen and oxygen atoms in total. The van der Waals surface area contributed by atoms with Gasteiger partial charge in [0.1, 0.15) is 23.0 Å². The highest BCUT2D eigenvalue weighted by Gasteiger charge is 2.26. The van der Waals surface area contributed by atoms with Gasteiger partial charge in [0, 0.05) is 22.3 Å². The average Bonchev–Trinajstić information content (AvgIpc) is 3.72. The molecule has 0 atom stereocenters. The molecule has 5 aromatic rings. The molecule has 0 saturated heterocycles. The fourth-order valence-electron chi connectivity index (χ4n) is 6.04. The molecule has 0 fully saturated rings. The van der Waals surface area contributed by atoms with Crippen molar-refractivity contribution in [1.29, 1.82) is 0 Å². The third-order valence-corrected chi connectivity index (χ3v) is 9.09. The fourth-order valence-corrected chi connectivity index (χ4v) is 7.07. The maximum atomic E-state index is 6.61. The van der Waals surface area contributed by atoms with Crippen LogP contribution in [0.2, 0.25) is 0 Å². The molecule has 3 heteroatoms. The van der Waals surface area contributed by atoms with Gasteiger partial charge in [0.25, 0.3) is 0 Å². The number of furan rings is 2. The number of fused-ring (bicyclic) bond motifs is 2. The molecular weight excluding hydrogens is 496 g/mol. The molecule has 0 unspecified atom stereocenters. The number of benzene rings is 2. The van der Waals surface area contributed by atoms with Crippen LogP contribution in [0.1, 0.15) is 70.6 Å². The minimum atomic E-state index is 1.02. The molecule has 2 aromatic carbocycles. The van der Waals surface area contributed by atoms with E-state index in [1.54, 1.807) is 11.3 Å². The van der Waals surface area contributed by atoms with E-state index in [0.717, 1.165) is 48.7 Å². The normalized spacial score (nSPS) is 15.2. The van der Waals surface area contributed by atoms with Crippen molar-refractivity contribution in [2.45, 2.75) is 51.4 Å². The highest BCUT2D eigenvalue weighted by molar-refractivity contribution is 7.18. The van der Waals surface area contributed by atoms with E-state index in [1.165, 1.54) is 68.8 Å². The second-order valence-corrected chi connectivity index (χ2v) is 11.7. The minimum Gasteiger partial charge on any atom is -0.455 e. The fraction of sp³-hybridized carbons (Fsp3) is 0.222. The van der Waals surface area contributed by atoms with Crippen molar-refractivity contribution in [2.75, 3.05) is 0 Å². The van der Waals surface area contributed by atoms with Crippen LogP contribution in [0, 0.1) is 0 Å². The van der Waals surface area contributed by atoms with Crippen molar-refractivity contribution < 1.29 is 8.83 Å². The molecule has 0 spiro atoms. The summed E-state index contributed by atoms with van der Waals surface area (Å²) in [6, 6.07) is 25.4. The molecule has 0 amide bonds. The van der Waals surface area contributed by atoms with E-state index >= 15 is 0 Å². The van der Waals surface area contributed by atoms with Crippen molar-refractivity contribution in [3.05, 3.63) is 118 Å². The van der Waals surface area contributed by atoms with Gasteiger partial charge in [-0.25, -0.2) is 0 Å². The van der Waals surface area contributed by atoms with E-state index in [0.29, 0.717) is 0 Å². The summed E-state index contributed by atoms with van der Waals surface area (Å²) < 4.78 is 13.2. The molecule has 0 N–H and O–H groups in total. The third kappa shape index (κ3) is 4.88. The Morgan fingerprint density at radius 2 is 0.872 bits per heavy atom. The summed E-state index contributed by atoms with van der Waals surface area (Å²) in [5.74, 6) is 4.14. The van der Waals surface area contributed by atoms with Crippen LogP contribution >= 0.6 is 11.3 Å². The summed E-state index contributed by atoms with van der Waals surface area (Å²) in [7, 11) is 0. The second kappa shape index (κ2) is 10.7. The smallest absolute Gasteiger partial charge is 0.148 e. The van der Waals surface area contributed by atoms with Crippen molar-refractivity contribution >= 4 is 35.6 Å². The van der Waals surface area contributed by atoms with Crippen LogP contribution in [-0.4, -0.2) is 0 Å². The number of rotatable bonds is 6. The molecule has 0 aliphatic heterocycles. The SMILES string of the molecule is C(=C\c1oc(-c2ccc(-c3oc(/C=C/c4ccccc4)c4c3CCCC4)s2)c2c1CCCC2)/c1ccccc1. The van der Waals surface area contributed by atoms with Gasteiger partial charge in [-0.1, -0.05) is 72.8 Å². The van der Waals surface area contributed by atoms with Gasteiger partial charge in [0.15, 0.2) is 0 Å². The van der Waals surface area contributed by atoms with Gasteiger partial charge >= 0.3 is 0 Å². The standard InChI is InChI=1S/C36H32O2S/c1-3-11-25(12-4-1)19-21-31-27-15-7-9-17-29(27)35(37-31)33-23-24-34(39-33)36-30-18-10-8-16-28(30)32(38-36)22-20-26-13-5-2-6-14-26/h1-6,11-14,19-24H,7-10,15-18H2/b21-19+,22-20+. The average molecular weight is 529 g/mol. The van der Waals surface area contributed by atoms with E-state index in [4.69, 9.17) is 8.83 Å². The number of hydrogen-bond donors (Lipinski definition) is 0. The molecule has 3 heterocycles. The lowest BCUT2D eigenvalue weighted by molar-refractivity contribution is 0.568. The Morgan fingerprint density at radius 3 is 1.31 bits per heavy atom. The predicted molar refractivity (Wildman–Crippen MR) is 164 cm³/mol. The molecule has 39 heavy (non-hydrogen) atoms. The maximum absolute atomic E-state index is 6.61. The summed E-state index contributed by atoms with van der Waals surface area (Å²) in [4.78, 5) is 2.40. The summed E-state index contributed by atoms with van der Waals surface area (Å²) >= 11 is 1.80. The zero-order valence-corrected chi connectivity index (χ0v) is 22.9. The van der Waals surface area contributed by atoms with Gasteiger partial charge in [0.05, 0.1) is 9.75 Å². The Bertz CT molecular complexity index is 1520. The molecule has 0 saturated carbocycles. The first-order valence-electron chi connectivity index (χ1n) is 14.2. The summed E-state index contributed by atoms with van der Waals surface area (Å²) in [6.07, 6.45) is 17.9. The van der Waals surface area contributed by atoms with Gasteiger partial charge < -0.3 is 8.83 Å². The summed E-state index contributed by atoms with van der Waals surface area (Å²) in [6.45, 7) is 0. The molecular formula is C36H32O2S. The van der Waals surface area contributed by atoms with E-state index < -0.39 is 0 Å². The van der Waals surface area contributed by atoms with Crippen LogP contribution in [-0.2, 0) is 25.7 Å². The minimum absolute atomic E-state index is 1.02. The van der Waals surface area contributed by atoms with Gasteiger partial charge in [0.2, 0.25) is 0 Å². The lowest BCUT2D eigenvalue weighted by Crippen LogP contribution is -2.01. The van der Waals surface area contributed by atoms with Gasteiger partial charge in [-0.3, -0.25) is 0 Å². The largest absolute Gasteiger partial charge is 0.455 e. The third-order valence-electron chi connectivity index (χ3n) is 8.01. The number of hydrogen-bond acceptors (Lipinski definition) is 3. The first-order valence-corrected chi connectivity index (χ1v) is 15.0. The molecule has 7 rings (SSSR count). The lowest BCUT2D eigenvalue weighted by atomic mass is 9.91. The van der Waals surface area contributed by atoms with Crippen molar-refractivity contribution in [3.63, 3.8) is 0 Å². The summed E-state index contributed by atoms with van der Waals surface area (Å²) in [5.41, 5.74) is 7.96. The monoisotopic (exact) mass is 528 g/mol. The van der Waals surface area contributed by atoms with E-state index in [9.17, 15) is 0 Å². The van der Waals surface area contributed by atoms with E-state index in [-0.39, 0.29) is 0 Å². The molecule has 0 radical (unpaired) electrons. The van der Waals surface area contributed by atoms with Crippen LogP contribution in [0.5, 0.6) is 0 Å². The van der Waals surface area contributed by atoms with Gasteiger partial charge in [-0.2, -0.15) is 0 Å². The Kier molecular flexibility index (Phi) is 6.68. The second-order valence-electron chi connectivity index (χ2n) is 10.6. The zero-order valence-electron chi connectivity index (χ0n) is 22.1. The highest BCUT2D eigenvalue weighted by atomic mass is 32.1. The number of thiophene rings is 1. The van der Waals surface area contributed by atoms with E-state index in [1.807, 2.05) is 0 Å². The Labute approximate surface area is 234 Å². The molecule has 2 aliphatic rings. The zero-order chi connectivity index (χ0) is 26.0. The van der Waals surface area contributed by atoms with Crippen molar-refractivity contribution in [2.24, 2.45) is 0 Å². The Hall–Kier alpha value is -3.82. The maximum Gasteiger partial charge on any atom is 0.148 e. The quantitative estimate of drug-likeness (QED) is 0.219. The topological polar surface area (TPSA) is 26.3 Å². The molecule has 3 aromatic heterocycles. The molecule has 2 aliphatic carbocycles. The Morgan fingerprint density at radius 1 is 0.462 bits per heavy atom. The van der Waals surface area contributed by atoms with Crippen LogP contribution < -0.4 is 0 Å². The highest BCUT2D eigenvalue weighted by Crippen LogP contribution is 2.45. The van der Waals surface area contributed by atoms with Crippen molar-refractivity contribution in [3.8, 4) is 21.3 Å². The first-order chi connectivity index (χ1) is 19.3. The van der Waals surface area contributed by atoms with Crippen LogP contribution in [0.15, 0.2) is 81.6 Å². The predicted octanol–water partition coefficient (Wildman–Crippen LogP) is 10.4. The van der Waals surface area contributed by atoms with Crippen LogP contribution in [0.3, 0.4) is 0 Å². The van der Waals surface area contributed by atoms with Crippen molar-refractivity contribution in [1.82, 2.24) is 0 Å². The summed E-state index contributed by atoms with van der Waals surface area (Å²) in [5, 5.41) is 0. The van der Waals surface area contributed by atoms with Crippen LogP contribution in [0.25, 0.3) is 45.6 Å². The molecule has 194 valence electrons. The molecule has 0 bridgehead atoms. The van der Waals surface area contributed by atoms with Gasteiger partial charge in [-0.05, 0) is 86.8 Å². The van der Waals surface area contributed by atoms with E-state index in [2.05, 4.69) is 97.1 Å². The Balaban J connectivity index is 1.23. The lowest BCUT2D eigenvalue weighted by Gasteiger charge is -2.11. The van der Waals surface area contributed by atoms with Gasteiger partial charge in [-0.15, -0.1) is 11.3 Å². The first kappa shape index (κ1) is 24.2.